The highest BCUT2D eigenvalue weighted by Gasteiger charge is 2.35. The van der Waals surface area contributed by atoms with Gasteiger partial charge >= 0.3 is 0 Å². The lowest BCUT2D eigenvalue weighted by atomic mass is 10.0. The topological polar surface area (TPSA) is 83.9 Å². The molecule has 0 spiro atoms. The number of piperidine rings is 1. The number of carbonyl (C=O) groups is 2. The summed E-state index contributed by atoms with van der Waals surface area (Å²) >= 11 is 7.37. The molecule has 0 radical (unpaired) electrons. The van der Waals surface area contributed by atoms with Gasteiger partial charge in [-0.05, 0) is 68.0 Å². The molecule has 2 heterocycles. The molecule has 7 nitrogen and oxygen atoms in total. The number of nitrogens with one attached hydrogen (secondary N) is 1. The lowest BCUT2D eigenvalue weighted by Gasteiger charge is -2.34. The van der Waals surface area contributed by atoms with E-state index in [9.17, 15) is 9.59 Å². The molecule has 0 unspecified atom stereocenters. The van der Waals surface area contributed by atoms with Crippen LogP contribution in [0.2, 0.25) is 5.02 Å². The van der Waals surface area contributed by atoms with E-state index in [1.54, 1.807) is 73.4 Å². The van der Waals surface area contributed by atoms with Crippen LogP contribution in [0.15, 0.2) is 90.4 Å². The van der Waals surface area contributed by atoms with Crippen LogP contribution < -0.4 is 10.2 Å². The van der Waals surface area contributed by atoms with Gasteiger partial charge in [-0.1, -0.05) is 43.0 Å². The molecule has 1 aliphatic rings. The Labute approximate surface area is 243 Å². The molecule has 0 bridgehead atoms. The van der Waals surface area contributed by atoms with Crippen molar-refractivity contribution in [3.05, 3.63) is 107 Å². The van der Waals surface area contributed by atoms with Crippen molar-refractivity contribution in [2.45, 2.75) is 32.3 Å². The van der Waals surface area contributed by atoms with Crippen molar-refractivity contribution in [3.63, 3.8) is 0 Å². The van der Waals surface area contributed by atoms with Gasteiger partial charge in [0.15, 0.2) is 11.4 Å². The first-order valence-electron chi connectivity index (χ1n) is 12.8. The highest BCUT2D eigenvalue weighted by Crippen LogP contribution is 2.25. The van der Waals surface area contributed by atoms with Crippen LogP contribution in [-0.2, 0) is 4.79 Å². The minimum atomic E-state index is -1.08. The lowest BCUT2D eigenvalue weighted by molar-refractivity contribution is -0.145. The van der Waals surface area contributed by atoms with Crippen LogP contribution in [0, 0.1) is 0 Å². The molecule has 3 aromatic rings. The monoisotopic (exact) mass is 574 g/mol. The van der Waals surface area contributed by atoms with E-state index in [1.807, 2.05) is 17.5 Å². The Morgan fingerprint density at radius 2 is 1.73 bits per heavy atom. The second-order valence-corrected chi connectivity index (χ2v) is 11.0. The van der Waals surface area contributed by atoms with Crippen LogP contribution in [0.1, 0.15) is 48.3 Å². The van der Waals surface area contributed by atoms with Crippen molar-refractivity contribution in [3.8, 4) is 5.75 Å². The normalized spacial score (nSPS) is 13.7. The average Bonchev–Trinajstić information content (AvgIpc) is 3.44. The maximum absolute atomic E-state index is 13.3. The van der Waals surface area contributed by atoms with Gasteiger partial charge in [0.2, 0.25) is 5.13 Å². The lowest BCUT2D eigenvalue weighted by Crippen LogP contribution is -2.51. The van der Waals surface area contributed by atoms with Gasteiger partial charge in [-0.15, -0.1) is 11.3 Å². The first-order chi connectivity index (χ1) is 19.2. The van der Waals surface area contributed by atoms with E-state index in [0.717, 1.165) is 17.0 Å². The van der Waals surface area contributed by atoms with Gasteiger partial charge in [0.05, 0.1) is 5.69 Å². The fourth-order valence-electron chi connectivity index (χ4n) is 4.11. The van der Waals surface area contributed by atoms with E-state index >= 15 is 0 Å². The van der Waals surface area contributed by atoms with Crippen LogP contribution in [-0.4, -0.2) is 46.0 Å². The molecule has 1 saturated heterocycles. The number of likely N-dealkylation sites (tertiary alicyclic amines) is 1. The highest BCUT2D eigenvalue weighted by molar-refractivity contribution is 7.13. The molecule has 1 aliphatic heterocycles. The van der Waals surface area contributed by atoms with Gasteiger partial charge in [0.1, 0.15) is 5.75 Å². The Bertz CT molecular complexity index is 1450. The van der Waals surface area contributed by atoms with Crippen molar-refractivity contribution >= 4 is 51.0 Å². The number of ether oxygens (including phenoxy) is 1. The summed E-state index contributed by atoms with van der Waals surface area (Å²) in [7, 11) is 0. The fourth-order valence-corrected chi connectivity index (χ4v) is 4.91. The molecule has 1 amide bonds. The van der Waals surface area contributed by atoms with Crippen LogP contribution in [0.4, 0.5) is 5.13 Å². The van der Waals surface area contributed by atoms with Crippen molar-refractivity contribution in [2.24, 2.45) is 5.10 Å². The maximum Gasteiger partial charge on any atom is 0.266 e. The van der Waals surface area contributed by atoms with E-state index in [4.69, 9.17) is 16.3 Å². The number of nitrogens with zero attached hydrogens (tertiary/aromatic N) is 3. The van der Waals surface area contributed by atoms with E-state index in [1.165, 1.54) is 11.3 Å². The van der Waals surface area contributed by atoms with Crippen molar-refractivity contribution in [1.82, 2.24) is 9.88 Å². The highest BCUT2D eigenvalue weighted by atomic mass is 35.5. The number of anilines is 1. The third-order valence-electron chi connectivity index (χ3n) is 6.32. The molecule has 0 saturated carbocycles. The maximum atomic E-state index is 13.3. The molecule has 4 rings (SSSR count). The number of hydrogen-bond donors (Lipinski definition) is 1. The van der Waals surface area contributed by atoms with Gasteiger partial charge in [-0.3, -0.25) is 15.0 Å². The third-order valence-corrected chi connectivity index (χ3v) is 7.31. The standard InChI is InChI=1S/C31H31ClN4O3S/c1-5-6-7-21(2)27-20-40-30(33-27)35-34-25-16-18-36(19-17-25)29(38)31(3,4)39-26-14-10-23(11-15-26)28(37)22-8-12-24(32)13-9-22/h5-15,20H,1-2,16-19H2,3-4H3,(H,33,35)/b7-6-. The molecule has 2 aromatic carbocycles. The summed E-state index contributed by atoms with van der Waals surface area (Å²) in [5.41, 5.74) is 5.60. The average molecular weight is 575 g/mol. The molecule has 1 fully saturated rings. The van der Waals surface area contributed by atoms with Crippen LogP contribution >= 0.6 is 22.9 Å². The molecule has 40 heavy (non-hydrogen) atoms. The zero-order valence-corrected chi connectivity index (χ0v) is 24.1. The molecule has 0 atom stereocenters. The van der Waals surface area contributed by atoms with Crippen molar-refractivity contribution in [1.29, 1.82) is 0 Å². The van der Waals surface area contributed by atoms with Gasteiger partial charge in [0, 0.05) is 53.2 Å². The number of aromatic nitrogens is 1. The number of allylic oxidation sites excluding steroid dienone is 4. The molecule has 206 valence electrons. The minimum absolute atomic E-state index is 0.100. The van der Waals surface area contributed by atoms with E-state index in [-0.39, 0.29) is 11.7 Å². The van der Waals surface area contributed by atoms with Crippen LogP contribution in [0.25, 0.3) is 5.57 Å². The van der Waals surface area contributed by atoms with Crippen molar-refractivity contribution in [2.75, 3.05) is 18.5 Å². The summed E-state index contributed by atoms with van der Waals surface area (Å²) in [6.45, 7) is 12.3. The largest absolute Gasteiger partial charge is 0.478 e. The van der Waals surface area contributed by atoms with Gasteiger partial charge in [0.25, 0.3) is 5.91 Å². The Hall–Kier alpha value is -4.01. The SMILES string of the molecule is C=C/C=C\C(=C)c1csc(NN=C2CCN(C(=O)C(C)(C)Oc3ccc(C(=O)c4ccc(Cl)cc4)cc3)CC2)n1. The number of hydrazone groups is 1. The predicted octanol–water partition coefficient (Wildman–Crippen LogP) is 7.03. The summed E-state index contributed by atoms with van der Waals surface area (Å²) in [6.07, 6.45) is 6.68. The Balaban J connectivity index is 1.29. The molecular weight excluding hydrogens is 544 g/mol. The predicted molar refractivity (Wildman–Crippen MR) is 163 cm³/mol. The van der Waals surface area contributed by atoms with Gasteiger partial charge < -0.3 is 9.64 Å². The Kier molecular flexibility index (Phi) is 9.34. The summed E-state index contributed by atoms with van der Waals surface area (Å²) in [5.74, 6) is 0.302. The zero-order chi connectivity index (χ0) is 28.7. The summed E-state index contributed by atoms with van der Waals surface area (Å²) in [4.78, 5) is 32.3. The number of rotatable bonds is 10. The number of carbonyl (C=O) groups excluding carboxylic acids is 2. The third kappa shape index (κ3) is 7.34. The number of halogens is 1. The Morgan fingerprint density at radius 3 is 2.35 bits per heavy atom. The fraction of sp³-hybridized carbons (Fsp3) is 0.226. The van der Waals surface area contributed by atoms with E-state index < -0.39 is 5.60 Å². The second-order valence-electron chi connectivity index (χ2n) is 9.71. The number of hydrogen-bond acceptors (Lipinski definition) is 7. The van der Waals surface area contributed by atoms with Crippen LogP contribution in [0.3, 0.4) is 0 Å². The summed E-state index contributed by atoms with van der Waals surface area (Å²) in [5, 5.41) is 7.69. The molecule has 9 heteroatoms. The Morgan fingerprint density at radius 1 is 1.10 bits per heavy atom. The molecule has 1 aromatic heterocycles. The number of ketones is 1. The number of amides is 1. The number of benzene rings is 2. The first-order valence-corrected chi connectivity index (χ1v) is 14.1. The van der Waals surface area contributed by atoms with Crippen LogP contribution in [0.5, 0.6) is 5.75 Å². The van der Waals surface area contributed by atoms with Gasteiger partial charge in [-0.2, -0.15) is 5.10 Å². The molecular formula is C31H31ClN4O3S. The molecule has 0 aliphatic carbocycles. The van der Waals surface area contributed by atoms with E-state index in [0.29, 0.717) is 53.0 Å². The molecule has 1 N–H and O–H groups in total. The quantitative estimate of drug-likeness (QED) is 0.160. The minimum Gasteiger partial charge on any atom is -0.478 e. The van der Waals surface area contributed by atoms with Crippen molar-refractivity contribution < 1.29 is 14.3 Å². The smallest absolute Gasteiger partial charge is 0.266 e. The summed E-state index contributed by atoms with van der Waals surface area (Å²) < 4.78 is 6.06. The zero-order valence-electron chi connectivity index (χ0n) is 22.5. The van der Waals surface area contributed by atoms with Gasteiger partial charge in [-0.25, -0.2) is 4.98 Å². The number of thiazole rings is 1. The summed E-state index contributed by atoms with van der Waals surface area (Å²) in [6, 6.07) is 13.6. The first kappa shape index (κ1) is 29.0. The second kappa shape index (κ2) is 12.9. The van der Waals surface area contributed by atoms with E-state index in [2.05, 4.69) is 28.7 Å².